The van der Waals surface area contributed by atoms with Gasteiger partial charge < -0.3 is 24.7 Å². The van der Waals surface area contributed by atoms with Crippen LogP contribution in [0.25, 0.3) is 10.9 Å². The highest BCUT2D eigenvalue weighted by molar-refractivity contribution is 5.90. The quantitative estimate of drug-likeness (QED) is 0.246. The number of carbonyl (C=O) groups is 1. The first-order chi connectivity index (χ1) is 17.5. The molecule has 2 heterocycles. The number of methoxy groups -OCH3 is 1. The monoisotopic (exact) mass is 486 g/mol. The summed E-state index contributed by atoms with van der Waals surface area (Å²) in [7, 11) is 1.61. The lowest BCUT2D eigenvalue weighted by atomic mass is 10.1. The molecule has 2 aromatic carbocycles. The van der Waals surface area contributed by atoms with Gasteiger partial charge in [0, 0.05) is 54.3 Å². The minimum atomic E-state index is -0.279. The Labute approximate surface area is 212 Å². The second kappa shape index (κ2) is 12.1. The first-order valence-corrected chi connectivity index (χ1v) is 12.3. The molecule has 0 spiro atoms. The van der Waals surface area contributed by atoms with Gasteiger partial charge in [0.15, 0.2) is 11.5 Å². The Balaban J connectivity index is 1.37. The Hall–Kier alpha value is -4.00. The Morgan fingerprint density at radius 1 is 1.06 bits per heavy atom. The number of pyridine rings is 1. The standard InChI is InChI=1S/C29H34N4O3/c1-21(2)6-5-17-36-28-18-24(9-10-27(28)35-3)32-29(34)31-19-23-7-4-8-26-25(23)13-16-33(26)20-22-11-14-30-15-12-22/h4,7-16,18,21H,5-6,17,19-20H2,1-3H3,(H2,31,32,34). The number of aromatic nitrogens is 2. The number of amides is 2. The number of rotatable bonds is 11. The molecule has 0 saturated carbocycles. The molecule has 0 atom stereocenters. The van der Waals surface area contributed by atoms with Crippen LogP contribution in [0.5, 0.6) is 11.5 Å². The fourth-order valence-corrected chi connectivity index (χ4v) is 4.16. The van der Waals surface area contributed by atoms with Crippen LogP contribution in [0.2, 0.25) is 0 Å². The maximum atomic E-state index is 12.7. The largest absolute Gasteiger partial charge is 0.493 e. The predicted molar refractivity (Wildman–Crippen MR) is 144 cm³/mol. The number of carbonyl (C=O) groups excluding carboxylic acids is 1. The lowest BCUT2D eigenvalue weighted by molar-refractivity contribution is 0.251. The Bertz CT molecular complexity index is 1280. The van der Waals surface area contributed by atoms with Crippen molar-refractivity contribution in [2.24, 2.45) is 5.92 Å². The third kappa shape index (κ3) is 6.56. The van der Waals surface area contributed by atoms with Crippen molar-refractivity contribution in [3.63, 3.8) is 0 Å². The van der Waals surface area contributed by atoms with E-state index in [2.05, 4.69) is 52.4 Å². The van der Waals surface area contributed by atoms with Gasteiger partial charge in [-0.1, -0.05) is 26.0 Å². The van der Waals surface area contributed by atoms with Crippen LogP contribution in [0.15, 0.2) is 73.2 Å². The van der Waals surface area contributed by atoms with Crippen LogP contribution in [0.1, 0.15) is 37.8 Å². The maximum absolute atomic E-state index is 12.7. The van der Waals surface area contributed by atoms with E-state index < -0.39 is 0 Å². The lowest BCUT2D eigenvalue weighted by Crippen LogP contribution is -2.28. The van der Waals surface area contributed by atoms with Gasteiger partial charge in [-0.25, -0.2) is 4.79 Å². The van der Waals surface area contributed by atoms with Crippen LogP contribution in [0.3, 0.4) is 0 Å². The van der Waals surface area contributed by atoms with E-state index >= 15 is 0 Å². The van der Waals surface area contributed by atoms with Gasteiger partial charge in [-0.3, -0.25) is 4.98 Å². The van der Waals surface area contributed by atoms with Crippen LogP contribution in [-0.2, 0) is 13.1 Å². The van der Waals surface area contributed by atoms with Gasteiger partial charge in [-0.05, 0) is 66.3 Å². The van der Waals surface area contributed by atoms with Crippen LogP contribution < -0.4 is 20.1 Å². The van der Waals surface area contributed by atoms with Crippen LogP contribution in [0, 0.1) is 5.92 Å². The molecule has 188 valence electrons. The van der Waals surface area contributed by atoms with Crippen LogP contribution in [0.4, 0.5) is 10.5 Å². The van der Waals surface area contributed by atoms with Gasteiger partial charge in [-0.2, -0.15) is 0 Å². The van der Waals surface area contributed by atoms with Gasteiger partial charge >= 0.3 is 6.03 Å². The molecule has 0 aliphatic heterocycles. The fourth-order valence-electron chi connectivity index (χ4n) is 4.16. The molecule has 0 fully saturated rings. The molecule has 0 aliphatic carbocycles. The third-order valence-corrected chi connectivity index (χ3v) is 6.05. The highest BCUT2D eigenvalue weighted by Crippen LogP contribution is 2.30. The number of hydrogen-bond donors (Lipinski definition) is 2. The molecule has 2 aromatic heterocycles. The molecular formula is C29H34N4O3. The molecule has 4 rings (SSSR count). The number of benzene rings is 2. The van der Waals surface area contributed by atoms with Gasteiger partial charge in [0.2, 0.25) is 0 Å². The molecule has 7 nitrogen and oxygen atoms in total. The Morgan fingerprint density at radius 3 is 2.67 bits per heavy atom. The molecular weight excluding hydrogens is 452 g/mol. The van der Waals surface area contributed by atoms with E-state index in [4.69, 9.17) is 9.47 Å². The average Bonchev–Trinajstić information content (AvgIpc) is 3.29. The molecule has 7 heteroatoms. The van der Waals surface area contributed by atoms with E-state index in [0.29, 0.717) is 36.3 Å². The molecule has 2 N–H and O–H groups in total. The van der Waals surface area contributed by atoms with Crippen molar-refractivity contribution in [3.05, 3.63) is 84.3 Å². The number of anilines is 1. The van der Waals surface area contributed by atoms with Gasteiger partial charge in [-0.15, -0.1) is 0 Å². The highest BCUT2D eigenvalue weighted by Gasteiger charge is 2.11. The smallest absolute Gasteiger partial charge is 0.319 e. The van der Waals surface area contributed by atoms with E-state index in [9.17, 15) is 4.79 Å². The maximum Gasteiger partial charge on any atom is 0.319 e. The average molecular weight is 487 g/mol. The summed E-state index contributed by atoms with van der Waals surface area (Å²) in [6.45, 7) is 6.18. The second-order valence-electron chi connectivity index (χ2n) is 9.21. The van der Waals surface area contributed by atoms with Gasteiger partial charge in [0.1, 0.15) is 0 Å². The molecule has 0 saturated heterocycles. The zero-order chi connectivity index (χ0) is 25.3. The zero-order valence-corrected chi connectivity index (χ0v) is 21.2. The van der Waals surface area contributed by atoms with Crippen molar-refractivity contribution in [1.82, 2.24) is 14.9 Å². The van der Waals surface area contributed by atoms with Gasteiger partial charge in [0.05, 0.1) is 13.7 Å². The molecule has 2 amide bonds. The second-order valence-corrected chi connectivity index (χ2v) is 9.21. The van der Waals surface area contributed by atoms with Crippen molar-refractivity contribution in [3.8, 4) is 11.5 Å². The first-order valence-electron chi connectivity index (χ1n) is 12.3. The van der Waals surface area contributed by atoms with Crippen molar-refractivity contribution >= 4 is 22.6 Å². The SMILES string of the molecule is COc1ccc(NC(=O)NCc2cccc3c2ccn3Cc2ccncc2)cc1OCCCC(C)C. The number of hydrogen-bond acceptors (Lipinski definition) is 4. The minimum absolute atomic E-state index is 0.279. The summed E-state index contributed by atoms with van der Waals surface area (Å²) in [5.74, 6) is 1.91. The zero-order valence-electron chi connectivity index (χ0n) is 21.2. The van der Waals surface area contributed by atoms with E-state index in [1.807, 2.05) is 24.3 Å². The minimum Gasteiger partial charge on any atom is -0.493 e. The number of fused-ring (bicyclic) bond motifs is 1. The van der Waals surface area contributed by atoms with E-state index in [1.54, 1.807) is 37.7 Å². The van der Waals surface area contributed by atoms with E-state index in [-0.39, 0.29) is 6.03 Å². The van der Waals surface area contributed by atoms with Crippen molar-refractivity contribution < 1.29 is 14.3 Å². The van der Waals surface area contributed by atoms with Gasteiger partial charge in [0.25, 0.3) is 0 Å². The van der Waals surface area contributed by atoms with Crippen LogP contribution >= 0.6 is 0 Å². The number of nitrogens with one attached hydrogen (secondary N) is 2. The predicted octanol–water partition coefficient (Wildman–Crippen LogP) is 6.23. The normalized spacial score (nSPS) is 11.0. The summed E-state index contributed by atoms with van der Waals surface area (Å²) < 4.78 is 13.5. The summed E-state index contributed by atoms with van der Waals surface area (Å²) in [4.78, 5) is 16.8. The highest BCUT2D eigenvalue weighted by atomic mass is 16.5. The van der Waals surface area contributed by atoms with Crippen molar-refractivity contribution in [1.29, 1.82) is 0 Å². The molecule has 4 aromatic rings. The topological polar surface area (TPSA) is 77.4 Å². The number of ether oxygens (including phenoxy) is 2. The van der Waals surface area contributed by atoms with Crippen molar-refractivity contribution in [2.45, 2.75) is 39.8 Å². The number of nitrogens with zero attached hydrogens (tertiary/aromatic N) is 2. The lowest BCUT2D eigenvalue weighted by Gasteiger charge is -2.14. The molecule has 0 aliphatic rings. The summed E-state index contributed by atoms with van der Waals surface area (Å²) in [5.41, 5.74) is 4.02. The summed E-state index contributed by atoms with van der Waals surface area (Å²) >= 11 is 0. The fraction of sp³-hybridized carbons (Fsp3) is 0.310. The van der Waals surface area contributed by atoms with Crippen molar-refractivity contribution in [2.75, 3.05) is 19.0 Å². The summed E-state index contributed by atoms with van der Waals surface area (Å²) in [6, 6.07) is 17.4. The summed E-state index contributed by atoms with van der Waals surface area (Å²) in [5, 5.41) is 6.99. The number of urea groups is 1. The molecule has 0 radical (unpaired) electrons. The molecule has 36 heavy (non-hydrogen) atoms. The van der Waals surface area contributed by atoms with Crippen LogP contribution in [-0.4, -0.2) is 29.3 Å². The first kappa shape index (κ1) is 25.1. The Morgan fingerprint density at radius 2 is 1.89 bits per heavy atom. The Kier molecular flexibility index (Phi) is 8.44. The molecule has 0 bridgehead atoms. The molecule has 0 unspecified atom stereocenters. The van der Waals surface area contributed by atoms with E-state index in [1.165, 1.54) is 5.56 Å². The summed E-state index contributed by atoms with van der Waals surface area (Å²) in [6.07, 6.45) is 7.76. The van der Waals surface area contributed by atoms with E-state index in [0.717, 1.165) is 35.9 Å². The third-order valence-electron chi connectivity index (χ3n) is 6.05.